The van der Waals surface area contributed by atoms with Gasteiger partial charge in [0.1, 0.15) is 0 Å². The molecule has 3 heteroatoms. The highest BCUT2D eigenvalue weighted by atomic mass is 16.1. The van der Waals surface area contributed by atoms with Crippen molar-refractivity contribution < 1.29 is 4.79 Å². The number of rotatable bonds is 3. The molecule has 1 saturated heterocycles. The van der Waals surface area contributed by atoms with Crippen molar-refractivity contribution in [2.75, 3.05) is 13.1 Å². The molecule has 1 rings (SSSR count). The molecule has 1 aliphatic heterocycles. The lowest BCUT2D eigenvalue weighted by atomic mass is 9.82. The standard InChI is InChI=1S/C14H28N2O/c1-10(14(3,4)5)8-16-13(17)12-7-6-11(2)15-9-12/h10-12,15H,6-9H2,1-5H3,(H,16,17). The number of carbonyl (C=O) groups excluding carboxylic acids is 1. The molecule has 0 saturated carbocycles. The molecular formula is C14H28N2O. The van der Waals surface area contributed by atoms with Crippen LogP contribution < -0.4 is 10.6 Å². The molecule has 17 heavy (non-hydrogen) atoms. The van der Waals surface area contributed by atoms with Crippen LogP contribution in [0.3, 0.4) is 0 Å². The Labute approximate surface area is 106 Å². The van der Waals surface area contributed by atoms with Gasteiger partial charge in [-0.05, 0) is 31.1 Å². The maximum atomic E-state index is 12.0. The lowest BCUT2D eigenvalue weighted by molar-refractivity contribution is -0.125. The van der Waals surface area contributed by atoms with Crippen LogP contribution in [-0.2, 0) is 4.79 Å². The molecule has 3 atom stereocenters. The molecule has 1 aliphatic rings. The van der Waals surface area contributed by atoms with Crippen LogP contribution in [0.25, 0.3) is 0 Å². The zero-order valence-corrected chi connectivity index (χ0v) is 12.0. The molecule has 0 aliphatic carbocycles. The summed E-state index contributed by atoms with van der Waals surface area (Å²) in [4.78, 5) is 12.0. The quantitative estimate of drug-likeness (QED) is 0.794. The van der Waals surface area contributed by atoms with E-state index < -0.39 is 0 Å². The third kappa shape index (κ3) is 4.66. The summed E-state index contributed by atoms with van der Waals surface area (Å²) < 4.78 is 0. The first-order chi connectivity index (χ1) is 7.80. The predicted octanol–water partition coefficient (Wildman–Crippen LogP) is 2.17. The zero-order valence-electron chi connectivity index (χ0n) is 12.0. The highest BCUT2D eigenvalue weighted by Crippen LogP contribution is 2.24. The smallest absolute Gasteiger partial charge is 0.224 e. The van der Waals surface area contributed by atoms with Crippen LogP contribution in [0.15, 0.2) is 0 Å². The fraction of sp³-hybridized carbons (Fsp3) is 0.929. The molecular weight excluding hydrogens is 212 g/mol. The molecule has 2 N–H and O–H groups in total. The first-order valence-corrected chi connectivity index (χ1v) is 6.81. The van der Waals surface area contributed by atoms with Crippen molar-refractivity contribution in [1.82, 2.24) is 10.6 Å². The molecule has 1 heterocycles. The van der Waals surface area contributed by atoms with Crippen molar-refractivity contribution in [1.29, 1.82) is 0 Å². The summed E-state index contributed by atoms with van der Waals surface area (Å²) in [6, 6.07) is 0.563. The van der Waals surface area contributed by atoms with E-state index in [0.717, 1.165) is 25.9 Å². The summed E-state index contributed by atoms with van der Waals surface area (Å²) in [5.74, 6) is 0.890. The summed E-state index contributed by atoms with van der Waals surface area (Å²) in [6.07, 6.45) is 2.12. The Bertz CT molecular complexity index is 249. The maximum Gasteiger partial charge on any atom is 0.224 e. The van der Waals surface area contributed by atoms with Crippen molar-refractivity contribution in [2.24, 2.45) is 17.3 Å². The normalized spacial score (nSPS) is 27.6. The first-order valence-electron chi connectivity index (χ1n) is 6.81. The van der Waals surface area contributed by atoms with Crippen molar-refractivity contribution in [3.8, 4) is 0 Å². The van der Waals surface area contributed by atoms with Crippen molar-refractivity contribution in [3.63, 3.8) is 0 Å². The third-order valence-electron chi connectivity index (χ3n) is 4.09. The molecule has 0 aromatic heterocycles. The second-order valence-electron chi connectivity index (χ2n) is 6.60. The molecule has 3 nitrogen and oxygen atoms in total. The molecule has 1 fully saturated rings. The van der Waals surface area contributed by atoms with Gasteiger partial charge in [-0.15, -0.1) is 0 Å². The van der Waals surface area contributed by atoms with E-state index in [1.165, 1.54) is 0 Å². The van der Waals surface area contributed by atoms with Crippen LogP contribution in [0, 0.1) is 17.3 Å². The monoisotopic (exact) mass is 240 g/mol. The number of hydrogen-bond acceptors (Lipinski definition) is 2. The SMILES string of the molecule is CC1CCC(C(=O)NCC(C)C(C)(C)C)CN1. The van der Waals surface area contributed by atoms with Gasteiger partial charge in [-0.2, -0.15) is 0 Å². The van der Waals surface area contributed by atoms with Crippen molar-refractivity contribution in [2.45, 2.75) is 53.5 Å². The average Bonchev–Trinajstić information content (AvgIpc) is 2.25. The molecule has 0 aromatic carbocycles. The molecule has 100 valence electrons. The minimum Gasteiger partial charge on any atom is -0.356 e. The number of carbonyl (C=O) groups is 1. The summed E-state index contributed by atoms with van der Waals surface area (Å²) in [5.41, 5.74) is 0.257. The summed E-state index contributed by atoms with van der Waals surface area (Å²) in [6.45, 7) is 12.6. The van der Waals surface area contributed by atoms with Gasteiger partial charge in [0.25, 0.3) is 0 Å². The van der Waals surface area contributed by atoms with E-state index in [-0.39, 0.29) is 17.2 Å². The van der Waals surface area contributed by atoms with Crippen molar-refractivity contribution in [3.05, 3.63) is 0 Å². The highest BCUT2D eigenvalue weighted by molar-refractivity contribution is 5.78. The molecule has 0 aromatic rings. The molecule has 0 radical (unpaired) electrons. The van der Waals surface area contributed by atoms with Gasteiger partial charge in [0.2, 0.25) is 5.91 Å². The maximum absolute atomic E-state index is 12.0. The molecule has 3 unspecified atom stereocenters. The van der Waals surface area contributed by atoms with E-state index in [1.807, 2.05) is 0 Å². The minimum atomic E-state index is 0.165. The Balaban J connectivity index is 2.30. The Morgan fingerprint density at radius 1 is 1.41 bits per heavy atom. The van der Waals surface area contributed by atoms with Gasteiger partial charge in [-0.1, -0.05) is 27.7 Å². The lowest BCUT2D eigenvalue weighted by Crippen LogP contribution is -2.45. The van der Waals surface area contributed by atoms with Crippen LogP contribution in [0.2, 0.25) is 0 Å². The van der Waals surface area contributed by atoms with Gasteiger partial charge < -0.3 is 10.6 Å². The Kier molecular flexibility index (Phi) is 4.99. The number of amides is 1. The fourth-order valence-corrected chi connectivity index (χ4v) is 1.93. The van der Waals surface area contributed by atoms with Crippen molar-refractivity contribution >= 4 is 5.91 Å². The van der Waals surface area contributed by atoms with Crippen LogP contribution in [0.5, 0.6) is 0 Å². The number of hydrogen-bond donors (Lipinski definition) is 2. The summed E-state index contributed by atoms with van der Waals surface area (Å²) in [7, 11) is 0. The second-order valence-corrected chi connectivity index (χ2v) is 6.60. The topological polar surface area (TPSA) is 41.1 Å². The van der Waals surface area contributed by atoms with Gasteiger partial charge in [0, 0.05) is 19.1 Å². The third-order valence-corrected chi connectivity index (χ3v) is 4.09. The predicted molar refractivity (Wildman–Crippen MR) is 71.8 cm³/mol. The largest absolute Gasteiger partial charge is 0.356 e. The van der Waals surface area contributed by atoms with E-state index >= 15 is 0 Å². The highest BCUT2D eigenvalue weighted by Gasteiger charge is 2.25. The Morgan fingerprint density at radius 3 is 2.53 bits per heavy atom. The fourth-order valence-electron chi connectivity index (χ4n) is 1.93. The number of nitrogens with one attached hydrogen (secondary N) is 2. The van der Waals surface area contributed by atoms with E-state index in [0.29, 0.717) is 12.0 Å². The van der Waals surface area contributed by atoms with E-state index in [1.54, 1.807) is 0 Å². The Hall–Kier alpha value is -0.570. The molecule has 1 amide bonds. The second kappa shape index (κ2) is 5.85. The minimum absolute atomic E-state index is 0.165. The molecule has 0 spiro atoms. The van der Waals surface area contributed by atoms with Crippen LogP contribution in [-0.4, -0.2) is 25.0 Å². The van der Waals surface area contributed by atoms with E-state index in [4.69, 9.17) is 0 Å². The van der Waals surface area contributed by atoms with E-state index in [9.17, 15) is 4.79 Å². The zero-order chi connectivity index (χ0) is 13.1. The van der Waals surface area contributed by atoms with Crippen LogP contribution in [0.4, 0.5) is 0 Å². The van der Waals surface area contributed by atoms with Crippen LogP contribution >= 0.6 is 0 Å². The van der Waals surface area contributed by atoms with Gasteiger partial charge in [-0.25, -0.2) is 0 Å². The average molecular weight is 240 g/mol. The lowest BCUT2D eigenvalue weighted by Gasteiger charge is -2.30. The molecule has 0 bridgehead atoms. The van der Waals surface area contributed by atoms with Gasteiger partial charge in [-0.3, -0.25) is 4.79 Å². The summed E-state index contributed by atoms with van der Waals surface area (Å²) >= 11 is 0. The van der Waals surface area contributed by atoms with Crippen LogP contribution in [0.1, 0.15) is 47.5 Å². The van der Waals surface area contributed by atoms with Gasteiger partial charge in [0.15, 0.2) is 0 Å². The van der Waals surface area contributed by atoms with Gasteiger partial charge >= 0.3 is 0 Å². The first kappa shape index (κ1) is 14.5. The van der Waals surface area contributed by atoms with E-state index in [2.05, 4.69) is 45.3 Å². The van der Waals surface area contributed by atoms with Gasteiger partial charge in [0.05, 0.1) is 5.92 Å². The Morgan fingerprint density at radius 2 is 2.06 bits per heavy atom. The number of piperidine rings is 1. The summed E-state index contributed by atoms with van der Waals surface area (Å²) in [5, 5.41) is 6.46.